The van der Waals surface area contributed by atoms with Crippen molar-refractivity contribution >= 4 is 11.8 Å². The summed E-state index contributed by atoms with van der Waals surface area (Å²) in [5.74, 6) is -0.168. The number of aromatic hydroxyl groups is 1. The lowest BCUT2D eigenvalue weighted by molar-refractivity contribution is -0.122. The minimum absolute atomic E-state index is 0.0164. The summed E-state index contributed by atoms with van der Waals surface area (Å²) in [5, 5.41) is 12.9. The Morgan fingerprint density at radius 1 is 1.04 bits per heavy atom. The molecule has 1 heterocycles. The maximum atomic E-state index is 12.6. The van der Waals surface area contributed by atoms with Gasteiger partial charge in [0, 0.05) is 32.7 Å². The molecule has 1 aliphatic rings. The Labute approximate surface area is 159 Å². The highest BCUT2D eigenvalue weighted by Crippen LogP contribution is 2.21. The smallest absolute Gasteiger partial charge is 0.257 e. The third kappa shape index (κ3) is 5.08. The van der Waals surface area contributed by atoms with Crippen LogP contribution in [0.4, 0.5) is 0 Å². The summed E-state index contributed by atoms with van der Waals surface area (Å²) in [4.78, 5) is 28.5. The van der Waals surface area contributed by atoms with Crippen LogP contribution in [0, 0.1) is 6.92 Å². The summed E-state index contributed by atoms with van der Waals surface area (Å²) >= 11 is 0. The molecule has 6 nitrogen and oxygen atoms in total. The first-order valence-electron chi connectivity index (χ1n) is 9.15. The molecule has 27 heavy (non-hydrogen) atoms. The summed E-state index contributed by atoms with van der Waals surface area (Å²) in [6, 6.07) is 14.9. The molecule has 1 saturated heterocycles. The largest absolute Gasteiger partial charge is 0.507 e. The topological polar surface area (TPSA) is 72.9 Å². The SMILES string of the molecule is Cc1ccc(C(=O)N2CCN(CC(=O)NCc3ccccc3)CC2)c(O)c1. The van der Waals surface area contributed by atoms with E-state index in [1.54, 1.807) is 17.0 Å². The second-order valence-electron chi connectivity index (χ2n) is 6.85. The molecule has 2 aromatic rings. The number of rotatable bonds is 5. The molecule has 1 aliphatic heterocycles. The Kier molecular flexibility index (Phi) is 6.08. The number of carbonyl (C=O) groups is 2. The Bertz CT molecular complexity index is 800. The van der Waals surface area contributed by atoms with Gasteiger partial charge in [0.1, 0.15) is 5.75 Å². The van der Waals surface area contributed by atoms with E-state index in [-0.39, 0.29) is 17.6 Å². The summed E-state index contributed by atoms with van der Waals surface area (Å²) in [6.07, 6.45) is 0. The summed E-state index contributed by atoms with van der Waals surface area (Å²) < 4.78 is 0. The highest BCUT2D eigenvalue weighted by molar-refractivity contribution is 5.97. The quantitative estimate of drug-likeness (QED) is 0.845. The van der Waals surface area contributed by atoms with Gasteiger partial charge < -0.3 is 15.3 Å². The fraction of sp³-hybridized carbons (Fsp3) is 0.333. The van der Waals surface area contributed by atoms with Gasteiger partial charge in [-0.2, -0.15) is 0 Å². The fourth-order valence-corrected chi connectivity index (χ4v) is 3.16. The lowest BCUT2D eigenvalue weighted by Gasteiger charge is -2.34. The van der Waals surface area contributed by atoms with Crippen LogP contribution in [0.2, 0.25) is 0 Å². The van der Waals surface area contributed by atoms with Crippen LogP contribution in [0.3, 0.4) is 0 Å². The van der Waals surface area contributed by atoms with Gasteiger partial charge in [-0.3, -0.25) is 14.5 Å². The monoisotopic (exact) mass is 367 g/mol. The van der Waals surface area contributed by atoms with Crippen molar-refractivity contribution in [2.75, 3.05) is 32.7 Å². The second kappa shape index (κ2) is 8.68. The average molecular weight is 367 g/mol. The number of phenolic OH excluding ortho intramolecular Hbond substituents is 1. The Morgan fingerprint density at radius 3 is 2.41 bits per heavy atom. The molecule has 0 bridgehead atoms. The van der Waals surface area contributed by atoms with E-state index in [1.165, 1.54) is 0 Å². The number of hydrogen-bond donors (Lipinski definition) is 2. The molecule has 0 atom stereocenters. The predicted molar refractivity (Wildman–Crippen MR) is 103 cm³/mol. The first-order valence-corrected chi connectivity index (χ1v) is 9.15. The maximum absolute atomic E-state index is 12.6. The average Bonchev–Trinajstić information content (AvgIpc) is 2.67. The van der Waals surface area contributed by atoms with E-state index in [4.69, 9.17) is 0 Å². The van der Waals surface area contributed by atoms with Gasteiger partial charge in [-0.1, -0.05) is 36.4 Å². The Balaban J connectivity index is 1.45. The number of hydrogen-bond acceptors (Lipinski definition) is 4. The normalized spacial score (nSPS) is 14.8. The molecule has 1 fully saturated rings. The van der Waals surface area contributed by atoms with Crippen molar-refractivity contribution in [2.24, 2.45) is 0 Å². The van der Waals surface area contributed by atoms with E-state index in [0.717, 1.165) is 11.1 Å². The molecular formula is C21H25N3O3. The first kappa shape index (κ1) is 18.9. The van der Waals surface area contributed by atoms with Crippen LogP contribution in [0.5, 0.6) is 5.75 Å². The van der Waals surface area contributed by atoms with E-state index in [2.05, 4.69) is 5.32 Å². The van der Waals surface area contributed by atoms with Crippen LogP contribution in [0.1, 0.15) is 21.5 Å². The molecule has 0 radical (unpaired) electrons. The van der Waals surface area contributed by atoms with Gasteiger partial charge in [-0.25, -0.2) is 0 Å². The zero-order chi connectivity index (χ0) is 19.2. The minimum atomic E-state index is -0.166. The fourth-order valence-electron chi connectivity index (χ4n) is 3.16. The standard InChI is InChI=1S/C21H25N3O3/c1-16-7-8-18(19(25)13-16)21(27)24-11-9-23(10-12-24)15-20(26)22-14-17-5-3-2-4-6-17/h2-8,13,25H,9-12,14-15H2,1H3,(H,22,26). The van der Waals surface area contributed by atoms with Gasteiger partial charge in [0.2, 0.25) is 5.91 Å². The zero-order valence-electron chi connectivity index (χ0n) is 15.5. The molecule has 142 valence electrons. The highest BCUT2D eigenvalue weighted by atomic mass is 16.3. The molecule has 0 saturated carbocycles. The van der Waals surface area contributed by atoms with Crippen LogP contribution in [0.25, 0.3) is 0 Å². The molecule has 2 N–H and O–H groups in total. The molecule has 6 heteroatoms. The third-order valence-electron chi connectivity index (χ3n) is 4.74. The van der Waals surface area contributed by atoms with Crippen molar-refractivity contribution < 1.29 is 14.7 Å². The zero-order valence-corrected chi connectivity index (χ0v) is 15.5. The molecule has 2 aromatic carbocycles. The minimum Gasteiger partial charge on any atom is -0.507 e. The molecule has 3 rings (SSSR count). The lowest BCUT2D eigenvalue weighted by Crippen LogP contribution is -2.51. The number of amides is 2. The molecule has 0 aromatic heterocycles. The number of benzene rings is 2. The van der Waals surface area contributed by atoms with E-state index < -0.39 is 0 Å². The highest BCUT2D eigenvalue weighted by Gasteiger charge is 2.24. The number of carbonyl (C=O) groups excluding carboxylic acids is 2. The van der Waals surface area contributed by atoms with Gasteiger partial charge in [0.05, 0.1) is 12.1 Å². The second-order valence-corrected chi connectivity index (χ2v) is 6.85. The van der Waals surface area contributed by atoms with Crippen molar-refractivity contribution in [2.45, 2.75) is 13.5 Å². The van der Waals surface area contributed by atoms with E-state index in [0.29, 0.717) is 44.8 Å². The van der Waals surface area contributed by atoms with Crippen molar-refractivity contribution in [1.29, 1.82) is 0 Å². The summed E-state index contributed by atoms with van der Waals surface area (Å²) in [5.41, 5.74) is 2.31. The molecular weight excluding hydrogens is 342 g/mol. The first-order chi connectivity index (χ1) is 13.0. The Morgan fingerprint density at radius 2 is 1.74 bits per heavy atom. The van der Waals surface area contributed by atoms with Crippen LogP contribution < -0.4 is 5.32 Å². The number of nitrogens with zero attached hydrogens (tertiary/aromatic N) is 2. The number of nitrogens with one attached hydrogen (secondary N) is 1. The predicted octanol–water partition coefficient (Wildman–Crippen LogP) is 1.77. The number of piperazine rings is 1. The maximum Gasteiger partial charge on any atom is 0.257 e. The number of phenols is 1. The molecule has 0 unspecified atom stereocenters. The van der Waals surface area contributed by atoms with Gasteiger partial charge in [-0.05, 0) is 30.2 Å². The van der Waals surface area contributed by atoms with Gasteiger partial charge in [0.25, 0.3) is 5.91 Å². The van der Waals surface area contributed by atoms with Crippen LogP contribution >= 0.6 is 0 Å². The van der Waals surface area contributed by atoms with Gasteiger partial charge in [0.15, 0.2) is 0 Å². The van der Waals surface area contributed by atoms with Crippen molar-refractivity contribution in [3.05, 3.63) is 65.2 Å². The molecule has 0 aliphatic carbocycles. The third-order valence-corrected chi connectivity index (χ3v) is 4.74. The molecule has 2 amide bonds. The number of aryl methyl sites for hydroxylation is 1. The lowest BCUT2D eigenvalue weighted by atomic mass is 10.1. The summed E-state index contributed by atoms with van der Waals surface area (Å²) in [7, 11) is 0. The van der Waals surface area contributed by atoms with Crippen LogP contribution in [-0.4, -0.2) is 59.4 Å². The van der Waals surface area contributed by atoms with Crippen LogP contribution in [0.15, 0.2) is 48.5 Å². The Hall–Kier alpha value is -2.86. The summed E-state index contributed by atoms with van der Waals surface area (Å²) in [6.45, 7) is 5.07. The van der Waals surface area contributed by atoms with E-state index >= 15 is 0 Å². The van der Waals surface area contributed by atoms with Gasteiger partial charge in [-0.15, -0.1) is 0 Å². The van der Waals surface area contributed by atoms with Crippen molar-refractivity contribution in [1.82, 2.24) is 15.1 Å². The van der Waals surface area contributed by atoms with Crippen molar-refractivity contribution in [3.63, 3.8) is 0 Å². The van der Waals surface area contributed by atoms with Crippen LogP contribution in [-0.2, 0) is 11.3 Å². The molecule has 0 spiro atoms. The van der Waals surface area contributed by atoms with Crippen molar-refractivity contribution in [3.8, 4) is 5.75 Å². The van der Waals surface area contributed by atoms with E-state index in [1.807, 2.05) is 48.2 Å². The van der Waals surface area contributed by atoms with E-state index in [9.17, 15) is 14.7 Å². The van der Waals surface area contributed by atoms with Gasteiger partial charge >= 0.3 is 0 Å².